The second kappa shape index (κ2) is 12.2. The summed E-state index contributed by atoms with van der Waals surface area (Å²) in [6, 6.07) is 19.3. The van der Waals surface area contributed by atoms with E-state index in [0.717, 1.165) is 84.1 Å². The molecular weight excluding hydrogens is 512 g/mol. The van der Waals surface area contributed by atoms with Crippen molar-refractivity contribution in [1.82, 2.24) is 20.0 Å². The molecule has 2 fully saturated rings. The fourth-order valence-electron chi connectivity index (χ4n) is 6.19. The third kappa shape index (κ3) is 5.84. The molecule has 1 amide bonds. The number of hydrogen-bond donors (Lipinski definition) is 1. The Morgan fingerprint density at radius 2 is 1.90 bits per heavy atom. The number of rotatable bonds is 9. The lowest BCUT2D eigenvalue weighted by atomic mass is 10.0. The zero-order chi connectivity index (χ0) is 28.3. The number of benzene rings is 3. The van der Waals surface area contributed by atoms with E-state index < -0.39 is 0 Å². The fraction of sp³-hybridized carbons (Fsp3) is 0.471. The van der Waals surface area contributed by atoms with E-state index in [2.05, 4.69) is 60.5 Å². The Morgan fingerprint density at radius 1 is 1.05 bits per heavy atom. The number of nitrogens with one attached hydrogen (secondary N) is 1. The molecule has 3 aromatic carbocycles. The van der Waals surface area contributed by atoms with Crippen LogP contribution in [-0.2, 0) is 4.74 Å². The molecule has 2 saturated heterocycles. The summed E-state index contributed by atoms with van der Waals surface area (Å²) in [5, 5.41) is 11.4. The second-order valence-electron chi connectivity index (χ2n) is 11.6. The zero-order valence-corrected chi connectivity index (χ0v) is 24.6. The number of carbonyl (C=O) groups is 1. The van der Waals surface area contributed by atoms with Gasteiger partial charge in [0.1, 0.15) is 18.1 Å². The van der Waals surface area contributed by atoms with Crippen molar-refractivity contribution in [3.63, 3.8) is 0 Å². The minimum Gasteiger partial charge on any atom is -0.492 e. The Bertz CT molecular complexity index is 1520. The van der Waals surface area contributed by atoms with Crippen LogP contribution >= 0.6 is 0 Å². The maximum atomic E-state index is 13.0. The predicted octanol–water partition coefficient (Wildman–Crippen LogP) is 6.95. The Labute approximate surface area is 242 Å². The zero-order valence-electron chi connectivity index (χ0n) is 24.6. The minimum absolute atomic E-state index is 0.0560. The van der Waals surface area contributed by atoms with Crippen molar-refractivity contribution in [2.45, 2.75) is 77.6 Å². The van der Waals surface area contributed by atoms with E-state index in [4.69, 9.17) is 14.6 Å². The quantitative estimate of drug-likeness (QED) is 0.243. The van der Waals surface area contributed by atoms with Crippen molar-refractivity contribution in [2.24, 2.45) is 0 Å². The van der Waals surface area contributed by atoms with Crippen molar-refractivity contribution >= 4 is 27.6 Å². The molecule has 2 aliphatic heterocycles. The van der Waals surface area contributed by atoms with Gasteiger partial charge < -0.3 is 14.8 Å². The number of aromatic nitrogens is 2. The normalized spacial score (nSPS) is 20.5. The van der Waals surface area contributed by atoms with Gasteiger partial charge in [-0.2, -0.15) is 5.10 Å². The molecule has 4 aromatic rings. The first-order valence-corrected chi connectivity index (χ1v) is 15.4. The average Bonchev–Trinajstić information content (AvgIpc) is 3.64. The number of nitrogens with zero attached hydrogens (tertiary/aromatic N) is 3. The number of ether oxygens (including phenoxy) is 2. The summed E-state index contributed by atoms with van der Waals surface area (Å²) < 4.78 is 14.4. The maximum Gasteiger partial charge on any atom is 0.251 e. The maximum absolute atomic E-state index is 13.0. The van der Waals surface area contributed by atoms with Crippen molar-refractivity contribution < 1.29 is 14.3 Å². The molecule has 7 heteroatoms. The molecule has 0 spiro atoms. The lowest BCUT2D eigenvalue weighted by Gasteiger charge is -2.23. The molecular formula is C34H42N4O3. The lowest BCUT2D eigenvalue weighted by molar-refractivity contribution is -0.0365. The highest BCUT2D eigenvalue weighted by Gasteiger charge is 2.24. The highest BCUT2D eigenvalue weighted by Crippen LogP contribution is 2.35. The molecule has 1 N–H and O–H groups in total. The van der Waals surface area contributed by atoms with Gasteiger partial charge in [-0.15, -0.1) is 0 Å². The van der Waals surface area contributed by atoms with Gasteiger partial charge in [0.25, 0.3) is 5.91 Å². The van der Waals surface area contributed by atoms with Crippen LogP contribution in [0.2, 0.25) is 0 Å². The van der Waals surface area contributed by atoms with E-state index in [1.165, 1.54) is 19.4 Å². The first kappa shape index (κ1) is 27.7. The first-order chi connectivity index (χ1) is 20.0. The van der Waals surface area contributed by atoms with E-state index in [-0.39, 0.29) is 18.2 Å². The van der Waals surface area contributed by atoms with Gasteiger partial charge in [0.15, 0.2) is 6.23 Å². The molecule has 0 radical (unpaired) electrons. The Hall–Kier alpha value is -3.42. The van der Waals surface area contributed by atoms with Crippen molar-refractivity contribution in [3.05, 3.63) is 60.2 Å². The second-order valence-corrected chi connectivity index (χ2v) is 11.6. The van der Waals surface area contributed by atoms with Gasteiger partial charge in [-0.25, -0.2) is 4.68 Å². The van der Waals surface area contributed by atoms with Crippen molar-refractivity contribution in [1.29, 1.82) is 0 Å². The first-order valence-electron chi connectivity index (χ1n) is 15.4. The van der Waals surface area contributed by atoms with Gasteiger partial charge >= 0.3 is 0 Å². The van der Waals surface area contributed by atoms with E-state index in [1.54, 1.807) is 0 Å². The van der Waals surface area contributed by atoms with Gasteiger partial charge in [-0.1, -0.05) is 32.0 Å². The van der Waals surface area contributed by atoms with Crippen LogP contribution < -0.4 is 10.1 Å². The van der Waals surface area contributed by atoms with Crippen molar-refractivity contribution in [3.8, 4) is 17.0 Å². The largest absolute Gasteiger partial charge is 0.492 e. The van der Waals surface area contributed by atoms with Crippen LogP contribution in [0.15, 0.2) is 54.6 Å². The number of likely N-dealkylation sites (tertiary alicyclic amines) is 1. The third-order valence-electron chi connectivity index (χ3n) is 8.82. The van der Waals surface area contributed by atoms with Crippen LogP contribution in [0.4, 0.5) is 0 Å². The van der Waals surface area contributed by atoms with Crippen LogP contribution in [0.3, 0.4) is 0 Å². The molecule has 6 rings (SSSR count). The molecule has 216 valence electrons. The summed E-state index contributed by atoms with van der Waals surface area (Å²) in [4.78, 5) is 15.5. The molecule has 3 atom stereocenters. The Balaban J connectivity index is 1.32. The lowest BCUT2D eigenvalue weighted by Crippen LogP contribution is -2.33. The summed E-state index contributed by atoms with van der Waals surface area (Å²) in [7, 11) is 0. The molecule has 2 aliphatic rings. The molecule has 2 unspecified atom stereocenters. The smallest absolute Gasteiger partial charge is 0.251 e. The molecule has 0 aliphatic carbocycles. The van der Waals surface area contributed by atoms with Crippen LogP contribution in [0.25, 0.3) is 32.9 Å². The van der Waals surface area contributed by atoms with Crippen LogP contribution in [-0.4, -0.2) is 59.0 Å². The topological polar surface area (TPSA) is 68.6 Å². The summed E-state index contributed by atoms with van der Waals surface area (Å²) >= 11 is 0. The number of hydrogen-bond acceptors (Lipinski definition) is 5. The van der Waals surface area contributed by atoms with Gasteiger partial charge in [0.05, 0.1) is 5.52 Å². The van der Waals surface area contributed by atoms with Gasteiger partial charge in [-0.05, 0) is 106 Å². The minimum atomic E-state index is -0.0940. The van der Waals surface area contributed by atoms with E-state index in [9.17, 15) is 4.79 Å². The molecule has 1 aromatic heterocycles. The number of fused-ring (bicyclic) bond motifs is 2. The van der Waals surface area contributed by atoms with Crippen molar-refractivity contribution in [2.75, 3.05) is 26.3 Å². The number of carbonyl (C=O) groups excluding carboxylic acids is 1. The van der Waals surface area contributed by atoms with Gasteiger partial charge in [0, 0.05) is 35.2 Å². The van der Waals surface area contributed by atoms with E-state index in [0.29, 0.717) is 11.6 Å². The van der Waals surface area contributed by atoms with Crippen LogP contribution in [0, 0.1) is 0 Å². The predicted molar refractivity (Wildman–Crippen MR) is 164 cm³/mol. The van der Waals surface area contributed by atoms with Crippen LogP contribution in [0.1, 0.15) is 75.9 Å². The van der Waals surface area contributed by atoms with Gasteiger partial charge in [-0.3, -0.25) is 9.69 Å². The summed E-state index contributed by atoms with van der Waals surface area (Å²) in [6.07, 6.45) is 6.39. The number of amides is 1. The monoisotopic (exact) mass is 554 g/mol. The highest BCUT2D eigenvalue weighted by atomic mass is 16.5. The Morgan fingerprint density at radius 3 is 2.71 bits per heavy atom. The summed E-state index contributed by atoms with van der Waals surface area (Å²) in [6.45, 7) is 10.1. The van der Waals surface area contributed by atoms with E-state index in [1.807, 2.05) is 29.8 Å². The molecule has 41 heavy (non-hydrogen) atoms. The molecule has 0 bridgehead atoms. The number of likely N-dealkylation sites (N-methyl/N-ethyl adjacent to an activating group) is 1. The van der Waals surface area contributed by atoms with Crippen LogP contribution in [0.5, 0.6) is 5.75 Å². The molecule has 0 saturated carbocycles. The molecule has 3 heterocycles. The fourth-order valence-corrected chi connectivity index (χ4v) is 6.19. The van der Waals surface area contributed by atoms with Gasteiger partial charge in [0.2, 0.25) is 0 Å². The summed E-state index contributed by atoms with van der Waals surface area (Å²) in [5.74, 6) is 0.855. The SMILES string of the molecule is CCC(C)NC(=O)c1ccc2c(c1)c(-c1ccc3cc(OCC4CCCN4CC)ccc3c1)nn2[C@@H]1CCCCO1. The average molecular weight is 555 g/mol. The summed E-state index contributed by atoms with van der Waals surface area (Å²) in [5.41, 5.74) is 3.53. The van der Waals surface area contributed by atoms with E-state index >= 15 is 0 Å². The highest BCUT2D eigenvalue weighted by molar-refractivity contribution is 6.02. The molecule has 7 nitrogen and oxygen atoms in total. The Kier molecular flexibility index (Phi) is 8.26. The standard InChI is InChI=1S/C34H42N4O3/c1-4-23(3)35-34(39)27-14-16-31-30(21-27)33(36-38(31)32-10-6-7-18-40-32)26-12-11-25-20-29(15-13-24(25)19-26)41-22-28-9-8-17-37(28)5-2/h11-16,19-21,23,28,32H,4-10,17-18,22H2,1-3H3,(H,35,39)/t23?,28?,32-/m0/s1. The third-order valence-corrected chi connectivity index (χ3v) is 8.82.